The summed E-state index contributed by atoms with van der Waals surface area (Å²) in [7, 11) is 0. The van der Waals surface area contributed by atoms with E-state index in [0.717, 1.165) is 29.1 Å². The molecule has 2 rings (SSSR count). The summed E-state index contributed by atoms with van der Waals surface area (Å²) in [5.74, 6) is -0.844. The second-order valence-corrected chi connectivity index (χ2v) is 6.80. The van der Waals surface area contributed by atoms with Crippen molar-refractivity contribution >= 4 is 17.6 Å². The molecule has 6 nitrogen and oxygen atoms in total. The predicted octanol–water partition coefficient (Wildman–Crippen LogP) is 3.34. The molecular weight excluding hydrogens is 318 g/mol. The Morgan fingerprint density at radius 2 is 1.92 bits per heavy atom. The van der Waals surface area contributed by atoms with Crippen molar-refractivity contribution in [1.82, 2.24) is 9.78 Å². The van der Waals surface area contributed by atoms with Crippen molar-refractivity contribution in [3.63, 3.8) is 0 Å². The maximum Gasteiger partial charge on any atom is 0.337 e. The standard InChI is InChI=1S/C19H25N3O3/c1-11(2)10-22-14(5)15(13(4)21-22)9-18(23)20-17-7-6-12(3)8-16(17)19(24)25/h6-8,11H,9-10H2,1-5H3,(H,20,23)(H,24,25). The molecule has 0 fully saturated rings. The molecule has 1 aromatic carbocycles. The number of hydrogen-bond donors (Lipinski definition) is 2. The van der Waals surface area contributed by atoms with E-state index in [1.807, 2.05) is 25.5 Å². The summed E-state index contributed by atoms with van der Waals surface area (Å²) in [5, 5.41) is 16.5. The third-order valence-corrected chi connectivity index (χ3v) is 4.09. The lowest BCUT2D eigenvalue weighted by Crippen LogP contribution is -2.18. The highest BCUT2D eigenvalue weighted by molar-refractivity contribution is 6.01. The van der Waals surface area contributed by atoms with Crippen LogP contribution in [0.15, 0.2) is 18.2 Å². The van der Waals surface area contributed by atoms with Crippen molar-refractivity contribution in [2.45, 2.75) is 47.6 Å². The quantitative estimate of drug-likeness (QED) is 0.842. The molecule has 0 spiro atoms. The number of anilines is 1. The lowest BCUT2D eigenvalue weighted by molar-refractivity contribution is -0.115. The van der Waals surface area contributed by atoms with Gasteiger partial charge in [-0.1, -0.05) is 25.5 Å². The van der Waals surface area contributed by atoms with Gasteiger partial charge in [0, 0.05) is 17.8 Å². The van der Waals surface area contributed by atoms with Gasteiger partial charge in [0.25, 0.3) is 0 Å². The number of carboxylic acid groups (broad SMARTS) is 1. The van der Waals surface area contributed by atoms with Crippen LogP contribution >= 0.6 is 0 Å². The second-order valence-electron chi connectivity index (χ2n) is 6.80. The largest absolute Gasteiger partial charge is 0.478 e. The lowest BCUT2D eigenvalue weighted by Gasteiger charge is -2.10. The van der Waals surface area contributed by atoms with Gasteiger partial charge in [0.2, 0.25) is 5.91 Å². The molecule has 0 saturated heterocycles. The van der Waals surface area contributed by atoms with Crippen LogP contribution in [0.5, 0.6) is 0 Å². The molecule has 2 aromatic rings. The van der Waals surface area contributed by atoms with Crippen LogP contribution in [-0.2, 0) is 17.8 Å². The highest BCUT2D eigenvalue weighted by Crippen LogP contribution is 2.20. The Morgan fingerprint density at radius 3 is 2.52 bits per heavy atom. The van der Waals surface area contributed by atoms with E-state index in [4.69, 9.17) is 0 Å². The van der Waals surface area contributed by atoms with Crippen LogP contribution in [0.2, 0.25) is 0 Å². The Kier molecular flexibility index (Phi) is 5.62. The minimum atomic E-state index is -1.06. The molecular formula is C19H25N3O3. The third kappa shape index (κ3) is 4.47. The summed E-state index contributed by atoms with van der Waals surface area (Å²) < 4.78 is 1.93. The molecule has 1 amide bonds. The zero-order chi connectivity index (χ0) is 18.7. The minimum Gasteiger partial charge on any atom is -0.478 e. The number of rotatable bonds is 6. The van der Waals surface area contributed by atoms with Gasteiger partial charge in [-0.05, 0) is 38.8 Å². The molecule has 0 atom stereocenters. The van der Waals surface area contributed by atoms with Crippen molar-refractivity contribution in [2.24, 2.45) is 5.92 Å². The summed E-state index contributed by atoms with van der Waals surface area (Å²) in [6.07, 6.45) is 0.169. The number of nitrogens with zero attached hydrogens (tertiary/aromatic N) is 2. The molecule has 0 bridgehead atoms. The average Bonchev–Trinajstić information content (AvgIpc) is 2.75. The number of amides is 1. The molecule has 0 aliphatic carbocycles. The third-order valence-electron chi connectivity index (χ3n) is 4.09. The van der Waals surface area contributed by atoms with Gasteiger partial charge in [0.05, 0.1) is 23.4 Å². The first-order valence-corrected chi connectivity index (χ1v) is 8.35. The first kappa shape index (κ1) is 18.7. The van der Waals surface area contributed by atoms with Crippen molar-refractivity contribution in [1.29, 1.82) is 0 Å². The average molecular weight is 343 g/mol. The molecule has 1 aromatic heterocycles. The van der Waals surface area contributed by atoms with E-state index in [1.165, 1.54) is 0 Å². The maximum atomic E-state index is 12.4. The molecule has 134 valence electrons. The zero-order valence-electron chi connectivity index (χ0n) is 15.4. The fourth-order valence-corrected chi connectivity index (χ4v) is 2.81. The van der Waals surface area contributed by atoms with E-state index in [-0.39, 0.29) is 17.9 Å². The molecule has 0 aliphatic heterocycles. The van der Waals surface area contributed by atoms with E-state index in [1.54, 1.807) is 18.2 Å². The number of nitrogens with one attached hydrogen (secondary N) is 1. The molecule has 0 aliphatic rings. The van der Waals surface area contributed by atoms with Gasteiger partial charge in [-0.15, -0.1) is 0 Å². The van der Waals surface area contributed by atoms with Crippen molar-refractivity contribution in [2.75, 3.05) is 5.32 Å². The van der Waals surface area contributed by atoms with Crippen LogP contribution in [-0.4, -0.2) is 26.8 Å². The first-order chi connectivity index (χ1) is 11.7. The van der Waals surface area contributed by atoms with Gasteiger partial charge in [0.15, 0.2) is 0 Å². The first-order valence-electron chi connectivity index (χ1n) is 8.35. The Bertz CT molecular complexity index is 806. The topological polar surface area (TPSA) is 84.2 Å². The van der Waals surface area contributed by atoms with Crippen LogP contribution in [0, 0.1) is 26.7 Å². The molecule has 6 heteroatoms. The van der Waals surface area contributed by atoms with Crippen LogP contribution in [0.3, 0.4) is 0 Å². The van der Waals surface area contributed by atoms with Crippen LogP contribution < -0.4 is 5.32 Å². The number of hydrogen-bond acceptors (Lipinski definition) is 3. The van der Waals surface area contributed by atoms with Gasteiger partial charge in [-0.25, -0.2) is 4.79 Å². The Morgan fingerprint density at radius 1 is 1.24 bits per heavy atom. The summed E-state index contributed by atoms with van der Waals surface area (Å²) in [4.78, 5) is 23.8. The van der Waals surface area contributed by atoms with E-state index >= 15 is 0 Å². The smallest absolute Gasteiger partial charge is 0.337 e. The van der Waals surface area contributed by atoms with E-state index in [9.17, 15) is 14.7 Å². The fourth-order valence-electron chi connectivity index (χ4n) is 2.81. The second kappa shape index (κ2) is 7.51. The maximum absolute atomic E-state index is 12.4. The number of carbonyl (C=O) groups is 2. The van der Waals surface area contributed by atoms with E-state index in [0.29, 0.717) is 11.6 Å². The Labute approximate surface area is 147 Å². The van der Waals surface area contributed by atoms with Gasteiger partial charge in [-0.2, -0.15) is 5.10 Å². The molecule has 0 unspecified atom stereocenters. The summed E-state index contributed by atoms with van der Waals surface area (Å²) in [6.45, 7) is 10.7. The van der Waals surface area contributed by atoms with Crippen LogP contribution in [0.25, 0.3) is 0 Å². The SMILES string of the molecule is Cc1ccc(NC(=O)Cc2c(C)nn(CC(C)C)c2C)c(C(=O)O)c1. The van der Waals surface area contributed by atoms with Crippen molar-refractivity contribution in [3.8, 4) is 0 Å². The van der Waals surface area contributed by atoms with Gasteiger partial charge in [-0.3, -0.25) is 9.48 Å². The normalized spacial score (nSPS) is 11.0. The highest BCUT2D eigenvalue weighted by Gasteiger charge is 2.17. The molecule has 1 heterocycles. The predicted molar refractivity (Wildman–Crippen MR) is 97.0 cm³/mol. The number of benzene rings is 1. The Hall–Kier alpha value is -2.63. The number of aryl methyl sites for hydroxylation is 2. The number of aromatic nitrogens is 2. The lowest BCUT2D eigenvalue weighted by atomic mass is 10.1. The summed E-state index contributed by atoms with van der Waals surface area (Å²) in [5.41, 5.74) is 3.93. The van der Waals surface area contributed by atoms with Gasteiger partial charge >= 0.3 is 5.97 Å². The van der Waals surface area contributed by atoms with E-state index < -0.39 is 5.97 Å². The molecule has 0 saturated carbocycles. The van der Waals surface area contributed by atoms with Gasteiger partial charge in [0.1, 0.15) is 0 Å². The minimum absolute atomic E-state index is 0.0947. The number of aromatic carboxylic acids is 1. The summed E-state index contributed by atoms with van der Waals surface area (Å²) in [6, 6.07) is 4.95. The zero-order valence-corrected chi connectivity index (χ0v) is 15.4. The monoisotopic (exact) mass is 343 g/mol. The van der Waals surface area contributed by atoms with Crippen LogP contribution in [0.4, 0.5) is 5.69 Å². The Balaban J connectivity index is 2.19. The van der Waals surface area contributed by atoms with Crippen LogP contribution in [0.1, 0.15) is 46.7 Å². The fraction of sp³-hybridized carbons (Fsp3) is 0.421. The van der Waals surface area contributed by atoms with Crippen molar-refractivity contribution < 1.29 is 14.7 Å². The number of carboxylic acids is 1. The molecule has 2 N–H and O–H groups in total. The van der Waals surface area contributed by atoms with E-state index in [2.05, 4.69) is 24.3 Å². The number of carbonyl (C=O) groups excluding carboxylic acids is 1. The summed E-state index contributed by atoms with van der Waals surface area (Å²) >= 11 is 0. The molecule has 0 radical (unpaired) electrons. The molecule has 25 heavy (non-hydrogen) atoms. The highest BCUT2D eigenvalue weighted by atomic mass is 16.4. The van der Waals surface area contributed by atoms with Crippen molar-refractivity contribution in [3.05, 3.63) is 46.3 Å². The van der Waals surface area contributed by atoms with Gasteiger partial charge < -0.3 is 10.4 Å².